The van der Waals surface area contributed by atoms with E-state index >= 15 is 0 Å². The predicted octanol–water partition coefficient (Wildman–Crippen LogP) is 11.5. The molecule has 5 nitrogen and oxygen atoms in total. The first-order valence-electron chi connectivity index (χ1n) is 16.3. The van der Waals surface area contributed by atoms with Gasteiger partial charge in [0.25, 0.3) is 0 Å². The van der Waals surface area contributed by atoms with E-state index in [1.807, 2.05) is 91.0 Å². The number of benzene rings is 7. The molecule has 0 saturated carbocycles. The van der Waals surface area contributed by atoms with Crippen molar-refractivity contribution in [3.05, 3.63) is 174 Å². The number of aromatic nitrogens is 2. The van der Waals surface area contributed by atoms with Gasteiger partial charge in [-0.15, -0.1) is 0 Å². The van der Waals surface area contributed by atoms with Crippen LogP contribution in [0.2, 0.25) is 0 Å². The highest BCUT2D eigenvalue weighted by Gasteiger charge is 2.20. The molecule has 0 aliphatic carbocycles. The van der Waals surface area contributed by atoms with E-state index in [0.717, 1.165) is 77.2 Å². The van der Waals surface area contributed by atoms with Gasteiger partial charge in [0.15, 0.2) is 5.69 Å². The van der Waals surface area contributed by atoms with Gasteiger partial charge in [0.2, 0.25) is 0 Å². The molecule has 230 valence electrons. The average molecular weight is 636 g/mol. The number of fused-ring (bicyclic) bond motifs is 6. The molecule has 7 aromatic carbocycles. The first-order chi connectivity index (χ1) is 24.7. The SMILES string of the molecule is [C-]#[N+]c1ccc2c(c1)c1ccccc1n2-c1ccc(C#N)cc1-c1ccccc1-c1ccc(-n2c3ccccc3c3ccccc32)cc1C#N. The second-order valence-corrected chi connectivity index (χ2v) is 12.3. The topological polar surface area (TPSA) is 61.8 Å². The molecule has 9 aromatic rings. The van der Waals surface area contributed by atoms with Gasteiger partial charge in [0.05, 0.1) is 57.6 Å². The number of hydrogen-bond donors (Lipinski definition) is 0. The average Bonchev–Trinajstić information content (AvgIpc) is 3.70. The zero-order valence-corrected chi connectivity index (χ0v) is 26.7. The summed E-state index contributed by atoms with van der Waals surface area (Å²) in [6, 6.07) is 55.5. The second-order valence-electron chi connectivity index (χ2n) is 12.3. The van der Waals surface area contributed by atoms with Gasteiger partial charge in [0.1, 0.15) is 0 Å². The highest BCUT2D eigenvalue weighted by atomic mass is 15.0. The van der Waals surface area contributed by atoms with Crippen molar-refractivity contribution in [2.75, 3.05) is 0 Å². The van der Waals surface area contributed by atoms with Crippen LogP contribution in [-0.2, 0) is 0 Å². The van der Waals surface area contributed by atoms with Gasteiger partial charge in [-0.3, -0.25) is 0 Å². The van der Waals surface area contributed by atoms with E-state index in [4.69, 9.17) is 6.57 Å². The summed E-state index contributed by atoms with van der Waals surface area (Å²) in [5.74, 6) is 0. The number of nitriles is 2. The highest BCUT2D eigenvalue weighted by molar-refractivity contribution is 6.11. The van der Waals surface area contributed by atoms with Crippen LogP contribution in [0.1, 0.15) is 11.1 Å². The normalized spacial score (nSPS) is 11.1. The number of rotatable bonds is 4. The maximum atomic E-state index is 10.6. The highest BCUT2D eigenvalue weighted by Crippen LogP contribution is 2.42. The van der Waals surface area contributed by atoms with Crippen LogP contribution in [0.3, 0.4) is 0 Å². The molecule has 0 bridgehead atoms. The standard InChI is InChI=1S/C45H25N5/c1-48-31-19-23-45-40(26-31)38-14-6-9-17-43(38)50(45)44-22-18-29(27-46)24-39(44)35-11-3-2-10-34(35)33-21-20-32(25-30(33)28-47)49-41-15-7-4-12-36(41)37-13-5-8-16-42(37)49/h2-26H. The third kappa shape index (κ3) is 4.31. The Morgan fingerprint density at radius 2 is 1.04 bits per heavy atom. The van der Waals surface area contributed by atoms with Gasteiger partial charge in [-0.25, -0.2) is 4.85 Å². The van der Waals surface area contributed by atoms with Crippen molar-refractivity contribution >= 4 is 49.3 Å². The van der Waals surface area contributed by atoms with Crippen LogP contribution in [0.25, 0.3) is 82.1 Å². The van der Waals surface area contributed by atoms with Crippen molar-refractivity contribution in [3.63, 3.8) is 0 Å². The van der Waals surface area contributed by atoms with Crippen LogP contribution < -0.4 is 0 Å². The van der Waals surface area contributed by atoms with Crippen molar-refractivity contribution in [3.8, 4) is 45.8 Å². The van der Waals surface area contributed by atoms with Gasteiger partial charge in [-0.2, -0.15) is 10.5 Å². The Labute approximate surface area is 288 Å². The molecule has 0 aliphatic heterocycles. The zero-order chi connectivity index (χ0) is 33.8. The molecule has 50 heavy (non-hydrogen) atoms. The van der Waals surface area contributed by atoms with E-state index in [-0.39, 0.29) is 0 Å². The summed E-state index contributed by atoms with van der Waals surface area (Å²) < 4.78 is 4.43. The lowest BCUT2D eigenvalue weighted by molar-refractivity contribution is 1.18. The van der Waals surface area contributed by atoms with Crippen molar-refractivity contribution in [1.29, 1.82) is 10.5 Å². The van der Waals surface area contributed by atoms with Crippen LogP contribution in [0.5, 0.6) is 0 Å². The Bertz CT molecular complexity index is 2920. The molecule has 0 N–H and O–H groups in total. The molecular weight excluding hydrogens is 611 g/mol. The lowest BCUT2D eigenvalue weighted by Crippen LogP contribution is -2.00. The Morgan fingerprint density at radius 3 is 1.68 bits per heavy atom. The third-order valence-corrected chi connectivity index (χ3v) is 9.62. The summed E-state index contributed by atoms with van der Waals surface area (Å²) >= 11 is 0. The monoisotopic (exact) mass is 635 g/mol. The molecule has 0 aliphatic rings. The van der Waals surface area contributed by atoms with Crippen LogP contribution in [0, 0.1) is 29.2 Å². The van der Waals surface area contributed by atoms with Gasteiger partial charge < -0.3 is 9.13 Å². The summed E-state index contributed by atoms with van der Waals surface area (Å²) in [6.45, 7) is 7.62. The number of para-hydroxylation sites is 3. The maximum absolute atomic E-state index is 10.6. The fraction of sp³-hybridized carbons (Fsp3) is 0. The molecule has 0 unspecified atom stereocenters. The van der Waals surface area contributed by atoms with Crippen LogP contribution in [0.4, 0.5) is 5.69 Å². The van der Waals surface area contributed by atoms with Crippen LogP contribution in [-0.4, -0.2) is 9.13 Å². The van der Waals surface area contributed by atoms with E-state index in [9.17, 15) is 10.5 Å². The van der Waals surface area contributed by atoms with Gasteiger partial charge in [0, 0.05) is 33.0 Å². The van der Waals surface area contributed by atoms with E-state index in [0.29, 0.717) is 16.8 Å². The first kappa shape index (κ1) is 28.8. The molecule has 9 rings (SSSR count). The molecule has 0 amide bonds. The minimum absolute atomic E-state index is 0.539. The Morgan fingerprint density at radius 1 is 0.460 bits per heavy atom. The Kier molecular flexibility index (Phi) is 6.56. The maximum Gasteiger partial charge on any atom is 0.188 e. The van der Waals surface area contributed by atoms with Crippen LogP contribution in [0.15, 0.2) is 152 Å². The minimum atomic E-state index is 0.539. The molecule has 0 radical (unpaired) electrons. The largest absolute Gasteiger partial charge is 0.309 e. The number of nitrogens with zero attached hydrogens (tertiary/aromatic N) is 5. The van der Waals surface area contributed by atoms with Crippen LogP contribution >= 0.6 is 0 Å². The van der Waals surface area contributed by atoms with E-state index in [1.54, 1.807) is 0 Å². The quantitative estimate of drug-likeness (QED) is 0.181. The molecule has 2 heterocycles. The molecule has 5 heteroatoms. The van der Waals surface area contributed by atoms with Gasteiger partial charge >= 0.3 is 0 Å². The Hall–Kier alpha value is -7.39. The lowest BCUT2D eigenvalue weighted by atomic mass is 9.90. The minimum Gasteiger partial charge on any atom is -0.309 e. The summed E-state index contributed by atoms with van der Waals surface area (Å²) in [4.78, 5) is 3.69. The predicted molar refractivity (Wildman–Crippen MR) is 202 cm³/mol. The molecule has 2 aromatic heterocycles. The zero-order valence-electron chi connectivity index (χ0n) is 26.7. The fourth-order valence-corrected chi connectivity index (χ4v) is 7.46. The first-order valence-corrected chi connectivity index (χ1v) is 16.3. The fourth-order valence-electron chi connectivity index (χ4n) is 7.46. The van der Waals surface area contributed by atoms with E-state index in [1.165, 1.54) is 0 Å². The smallest absolute Gasteiger partial charge is 0.188 e. The molecular formula is C45H25N5. The van der Waals surface area contributed by atoms with Gasteiger partial charge in [-0.1, -0.05) is 91.0 Å². The second kappa shape index (κ2) is 11.4. The van der Waals surface area contributed by atoms with Gasteiger partial charge in [-0.05, 0) is 77.2 Å². The van der Waals surface area contributed by atoms with Crippen molar-refractivity contribution in [2.24, 2.45) is 0 Å². The van der Waals surface area contributed by atoms with Crippen molar-refractivity contribution in [2.45, 2.75) is 0 Å². The summed E-state index contributed by atoms with van der Waals surface area (Å²) in [7, 11) is 0. The van der Waals surface area contributed by atoms with E-state index < -0.39 is 0 Å². The molecule has 0 fully saturated rings. The lowest BCUT2D eigenvalue weighted by Gasteiger charge is -2.18. The Balaban J connectivity index is 1.28. The van der Waals surface area contributed by atoms with Crippen molar-refractivity contribution < 1.29 is 0 Å². The summed E-state index contributed by atoms with van der Waals surface area (Å²) in [6.07, 6.45) is 0. The van der Waals surface area contributed by atoms with E-state index in [2.05, 4.69) is 86.8 Å². The third-order valence-electron chi connectivity index (χ3n) is 9.62. The summed E-state index contributed by atoms with van der Waals surface area (Å²) in [5, 5.41) is 25.0. The molecule has 0 spiro atoms. The molecule has 0 atom stereocenters. The summed E-state index contributed by atoms with van der Waals surface area (Å²) in [5.41, 5.74) is 11.1. The van der Waals surface area contributed by atoms with Crippen molar-refractivity contribution in [1.82, 2.24) is 9.13 Å². The molecule has 0 saturated heterocycles. The number of hydrogen-bond acceptors (Lipinski definition) is 2.